The summed E-state index contributed by atoms with van der Waals surface area (Å²) in [5.74, 6) is -0.603. The Labute approximate surface area is 261 Å². The largest absolute Gasteiger partial charge is 0.449 e. The van der Waals surface area contributed by atoms with Crippen LogP contribution in [0, 0.1) is 0 Å². The van der Waals surface area contributed by atoms with Crippen LogP contribution < -0.4 is 5.32 Å². The highest BCUT2D eigenvalue weighted by Gasteiger charge is 2.30. The molecule has 45 heavy (non-hydrogen) atoms. The van der Waals surface area contributed by atoms with Gasteiger partial charge >= 0.3 is 6.09 Å². The molecule has 0 saturated carbocycles. The number of amides is 1. The lowest BCUT2D eigenvalue weighted by Gasteiger charge is -2.25. The molecule has 0 saturated heterocycles. The Bertz CT molecular complexity index is 1130. The minimum absolute atomic E-state index is 0.0316. The Hall–Kier alpha value is -3.02. The first kappa shape index (κ1) is 36.4. The second-order valence-electron chi connectivity index (χ2n) is 10.3. The first-order valence-corrected chi connectivity index (χ1v) is 14.7. The summed E-state index contributed by atoms with van der Waals surface area (Å²) in [5.41, 5.74) is 4.25. The van der Waals surface area contributed by atoms with Gasteiger partial charge in [-0.05, 0) is 28.7 Å². The van der Waals surface area contributed by atoms with Crippen LogP contribution in [0.4, 0.5) is 4.79 Å². The van der Waals surface area contributed by atoms with Crippen molar-refractivity contribution in [2.24, 2.45) is 0 Å². The average molecular weight is 638 g/mol. The quantitative estimate of drug-likeness (QED) is 0.0651. The van der Waals surface area contributed by atoms with Crippen LogP contribution in [-0.4, -0.2) is 133 Å². The molecule has 0 bridgehead atoms. The minimum Gasteiger partial charge on any atom is -0.449 e. The number of Topliss-reactive ketones (excluding diaryl/α,β-unsaturated/α-hetero) is 1. The van der Waals surface area contributed by atoms with Gasteiger partial charge in [-0.3, -0.25) is 4.79 Å². The molecule has 14 nitrogen and oxygen atoms in total. The van der Waals surface area contributed by atoms with E-state index >= 15 is 0 Å². The fraction of sp³-hybridized carbons (Fsp3) is 0.548. The SMILES string of the molecule is O=C(N[C@H](CO)C(=O)CCCOC(CO)OC(CO)COC(CO)OC(CO)CO)OCC1c2ccccc2-c2ccccc21. The number of aliphatic hydroxyl groups is 6. The Morgan fingerprint density at radius 1 is 0.711 bits per heavy atom. The number of aliphatic hydroxyl groups excluding tert-OH is 6. The highest BCUT2D eigenvalue weighted by atomic mass is 16.7. The molecule has 14 heteroatoms. The van der Waals surface area contributed by atoms with E-state index in [1.165, 1.54) is 0 Å². The van der Waals surface area contributed by atoms with Crippen molar-refractivity contribution < 1.29 is 63.9 Å². The van der Waals surface area contributed by atoms with Crippen molar-refractivity contribution >= 4 is 11.9 Å². The van der Waals surface area contributed by atoms with Crippen molar-refractivity contribution in [1.82, 2.24) is 5.32 Å². The third-order valence-electron chi connectivity index (χ3n) is 7.14. The molecule has 0 aliphatic heterocycles. The molecule has 0 heterocycles. The highest BCUT2D eigenvalue weighted by molar-refractivity contribution is 5.87. The van der Waals surface area contributed by atoms with Gasteiger partial charge in [-0.1, -0.05) is 48.5 Å². The topological polar surface area (TPSA) is 214 Å². The molecule has 250 valence electrons. The molecule has 4 atom stereocenters. The molecule has 0 radical (unpaired) electrons. The zero-order valence-corrected chi connectivity index (χ0v) is 24.9. The number of rotatable bonds is 22. The number of ether oxygens (including phenoxy) is 5. The number of carbonyl (C=O) groups excluding carboxylic acids is 2. The van der Waals surface area contributed by atoms with Crippen LogP contribution in [-0.2, 0) is 28.5 Å². The Morgan fingerprint density at radius 2 is 1.27 bits per heavy atom. The first-order chi connectivity index (χ1) is 21.9. The molecule has 0 aromatic heterocycles. The molecule has 1 aliphatic carbocycles. The number of benzene rings is 2. The number of fused-ring (bicyclic) bond motifs is 3. The van der Waals surface area contributed by atoms with E-state index in [4.69, 9.17) is 33.9 Å². The van der Waals surface area contributed by atoms with Gasteiger partial charge in [0.2, 0.25) is 0 Å². The minimum atomic E-state index is -1.20. The van der Waals surface area contributed by atoms with E-state index in [9.17, 15) is 30.0 Å². The van der Waals surface area contributed by atoms with Gasteiger partial charge < -0.3 is 59.6 Å². The molecule has 3 rings (SSSR count). The number of ketones is 1. The molecule has 0 spiro atoms. The summed E-state index contributed by atoms with van der Waals surface area (Å²) in [7, 11) is 0. The van der Waals surface area contributed by atoms with Crippen LogP contribution in [0.1, 0.15) is 29.9 Å². The second kappa shape index (κ2) is 19.5. The van der Waals surface area contributed by atoms with E-state index in [0.29, 0.717) is 0 Å². The Balaban J connectivity index is 1.39. The van der Waals surface area contributed by atoms with E-state index in [1.807, 2.05) is 48.5 Å². The maximum absolute atomic E-state index is 12.7. The summed E-state index contributed by atoms with van der Waals surface area (Å²) < 4.78 is 26.8. The Morgan fingerprint density at radius 3 is 1.82 bits per heavy atom. The standard InChI is InChI=1S/C31H43NO13/c33-12-20(13-34)44-30(17-38)42-18-21(14-35)45-29(16-37)41-11-5-10-28(39)27(15-36)32-31(40)43-19-26-24-8-3-1-6-22(24)23-7-2-4-9-25(23)26/h1-4,6-9,20-21,26-27,29-30,33-38H,5,10-19H2,(H,32,40)/t21?,27-,29?,30?/m1/s1. The van der Waals surface area contributed by atoms with E-state index in [2.05, 4.69) is 5.32 Å². The van der Waals surface area contributed by atoms with Gasteiger partial charge in [0.15, 0.2) is 18.4 Å². The fourth-order valence-corrected chi connectivity index (χ4v) is 4.84. The van der Waals surface area contributed by atoms with Gasteiger partial charge in [0.25, 0.3) is 0 Å². The number of hydrogen-bond acceptors (Lipinski definition) is 13. The normalized spacial score (nSPS) is 15.3. The van der Waals surface area contributed by atoms with Crippen molar-refractivity contribution in [3.8, 4) is 11.1 Å². The summed E-state index contributed by atoms with van der Waals surface area (Å²) in [6.07, 6.45) is -5.05. The lowest BCUT2D eigenvalue weighted by atomic mass is 9.98. The summed E-state index contributed by atoms with van der Waals surface area (Å²) in [5, 5.41) is 58.8. The molecular weight excluding hydrogens is 594 g/mol. The van der Waals surface area contributed by atoms with Gasteiger partial charge in [0.05, 0.1) is 52.9 Å². The van der Waals surface area contributed by atoms with Crippen molar-refractivity contribution in [1.29, 1.82) is 0 Å². The van der Waals surface area contributed by atoms with Crippen molar-refractivity contribution in [2.45, 2.75) is 49.6 Å². The summed E-state index contributed by atoms with van der Waals surface area (Å²) in [6, 6.07) is 14.6. The van der Waals surface area contributed by atoms with Crippen LogP contribution in [0.3, 0.4) is 0 Å². The number of nitrogens with one attached hydrogen (secondary N) is 1. The molecule has 1 aliphatic rings. The van der Waals surface area contributed by atoms with Crippen molar-refractivity contribution in [3.63, 3.8) is 0 Å². The van der Waals surface area contributed by atoms with Crippen LogP contribution in [0.25, 0.3) is 11.1 Å². The zero-order chi connectivity index (χ0) is 32.6. The Kier molecular flexibility index (Phi) is 15.8. The van der Waals surface area contributed by atoms with Gasteiger partial charge in [-0.15, -0.1) is 0 Å². The fourth-order valence-electron chi connectivity index (χ4n) is 4.84. The van der Waals surface area contributed by atoms with Gasteiger partial charge in [0.1, 0.15) is 24.9 Å². The zero-order valence-electron chi connectivity index (χ0n) is 24.9. The molecule has 3 unspecified atom stereocenters. The smallest absolute Gasteiger partial charge is 0.407 e. The lowest BCUT2D eigenvalue weighted by molar-refractivity contribution is -0.240. The first-order valence-electron chi connectivity index (χ1n) is 14.7. The van der Waals surface area contributed by atoms with Crippen molar-refractivity contribution in [3.05, 3.63) is 59.7 Å². The number of carbonyl (C=O) groups is 2. The van der Waals surface area contributed by atoms with E-state index in [-0.39, 0.29) is 38.6 Å². The third kappa shape index (κ3) is 10.8. The maximum Gasteiger partial charge on any atom is 0.407 e. The van der Waals surface area contributed by atoms with E-state index < -0.39 is 82.3 Å². The lowest BCUT2D eigenvalue weighted by Crippen LogP contribution is -2.44. The molecular formula is C31H43NO13. The highest BCUT2D eigenvalue weighted by Crippen LogP contribution is 2.44. The van der Waals surface area contributed by atoms with E-state index in [1.54, 1.807) is 0 Å². The average Bonchev–Trinajstić information content (AvgIpc) is 3.40. The van der Waals surface area contributed by atoms with Gasteiger partial charge in [-0.2, -0.15) is 0 Å². The van der Waals surface area contributed by atoms with Crippen LogP contribution >= 0.6 is 0 Å². The number of alkyl carbamates (subject to hydrolysis) is 1. The van der Waals surface area contributed by atoms with Crippen LogP contribution in [0.2, 0.25) is 0 Å². The van der Waals surface area contributed by atoms with E-state index in [0.717, 1.165) is 22.3 Å². The van der Waals surface area contributed by atoms with Crippen molar-refractivity contribution in [2.75, 3.05) is 59.5 Å². The molecule has 0 fully saturated rings. The summed E-state index contributed by atoms with van der Waals surface area (Å²) >= 11 is 0. The predicted octanol–water partition coefficient (Wildman–Crippen LogP) is -0.347. The molecule has 2 aromatic carbocycles. The second-order valence-corrected chi connectivity index (χ2v) is 10.3. The third-order valence-corrected chi connectivity index (χ3v) is 7.14. The van der Waals surface area contributed by atoms with Crippen LogP contribution in [0.15, 0.2) is 48.5 Å². The number of hydrogen-bond donors (Lipinski definition) is 7. The monoisotopic (exact) mass is 637 g/mol. The van der Waals surface area contributed by atoms with Gasteiger partial charge in [0, 0.05) is 12.3 Å². The van der Waals surface area contributed by atoms with Gasteiger partial charge in [-0.25, -0.2) is 4.79 Å². The maximum atomic E-state index is 12.7. The predicted molar refractivity (Wildman–Crippen MR) is 158 cm³/mol. The summed E-state index contributed by atoms with van der Waals surface area (Å²) in [6.45, 7) is -3.56. The molecule has 2 aromatic rings. The molecule has 1 amide bonds. The summed E-state index contributed by atoms with van der Waals surface area (Å²) in [4.78, 5) is 25.2. The molecule has 7 N–H and O–H groups in total. The van der Waals surface area contributed by atoms with Crippen LogP contribution in [0.5, 0.6) is 0 Å².